The van der Waals surface area contributed by atoms with Crippen molar-refractivity contribution in [2.24, 2.45) is 11.7 Å². The Hall–Kier alpha value is -2.33. The Morgan fingerprint density at radius 2 is 1.85 bits per heavy atom. The lowest BCUT2D eigenvalue weighted by Crippen LogP contribution is -2.53. The number of nitrogens with zero attached hydrogens (tertiary/aromatic N) is 1. The molecule has 0 unspecified atom stereocenters. The fourth-order valence-corrected chi connectivity index (χ4v) is 2.69. The third kappa shape index (κ3) is 6.19. The van der Waals surface area contributed by atoms with E-state index >= 15 is 0 Å². The summed E-state index contributed by atoms with van der Waals surface area (Å²) in [5.74, 6) is -4.27. The predicted molar refractivity (Wildman–Crippen MR) is 84.4 cm³/mol. The van der Waals surface area contributed by atoms with Crippen molar-refractivity contribution in [3.8, 4) is 0 Å². The molecule has 1 fully saturated rings. The van der Waals surface area contributed by atoms with Gasteiger partial charge in [-0.25, -0.2) is 0 Å². The summed E-state index contributed by atoms with van der Waals surface area (Å²) in [5, 5.41) is 4.56. The molecule has 4 N–H and O–H groups in total. The van der Waals surface area contributed by atoms with Crippen LogP contribution in [0.4, 0.5) is 13.2 Å². The number of hydrogen-bond acceptors (Lipinski definition) is 4. The first kappa shape index (κ1) is 21.7. The number of carbonyl (C=O) groups is 4. The van der Waals surface area contributed by atoms with E-state index in [0.29, 0.717) is 11.3 Å². The minimum absolute atomic E-state index is 0.0759. The monoisotopic (exact) mass is 380 g/mol. The molecule has 0 aromatic heterocycles. The summed E-state index contributed by atoms with van der Waals surface area (Å²) in [7, 11) is 0. The highest BCUT2D eigenvalue weighted by Crippen LogP contribution is 2.25. The standard InChI is InChI=1S/C15H23F3N4O4/c1-8(2)6-9(12(19)24)21-11(23)7-20-13(25)10-4-3-5-22(10)14(26)15(16,17)18/h8-10H,3-7H2,1-2H3,(H2,19,24)(H,20,25)(H,21,23)/t9-,10-/m0/s1. The minimum Gasteiger partial charge on any atom is -0.368 e. The number of carbonyl (C=O) groups excluding carboxylic acids is 4. The highest BCUT2D eigenvalue weighted by molar-refractivity contribution is 5.93. The summed E-state index contributed by atoms with van der Waals surface area (Å²) in [6.45, 7) is 2.94. The van der Waals surface area contributed by atoms with Gasteiger partial charge < -0.3 is 21.3 Å². The average Bonchev–Trinajstić information content (AvgIpc) is 2.99. The van der Waals surface area contributed by atoms with Gasteiger partial charge in [0.25, 0.3) is 0 Å². The van der Waals surface area contributed by atoms with Crippen LogP contribution in [0, 0.1) is 5.92 Å². The van der Waals surface area contributed by atoms with Crippen molar-refractivity contribution in [3.05, 3.63) is 0 Å². The van der Waals surface area contributed by atoms with Crippen molar-refractivity contribution in [1.29, 1.82) is 0 Å². The number of rotatable bonds is 7. The lowest BCUT2D eigenvalue weighted by Gasteiger charge is -2.24. The second-order valence-corrected chi connectivity index (χ2v) is 6.52. The van der Waals surface area contributed by atoms with E-state index < -0.39 is 48.4 Å². The molecule has 0 aromatic rings. The summed E-state index contributed by atoms with van der Waals surface area (Å²) in [4.78, 5) is 47.0. The van der Waals surface area contributed by atoms with Crippen LogP contribution in [0.5, 0.6) is 0 Å². The molecule has 1 aliphatic heterocycles. The van der Waals surface area contributed by atoms with E-state index in [4.69, 9.17) is 5.73 Å². The summed E-state index contributed by atoms with van der Waals surface area (Å²) < 4.78 is 37.6. The minimum atomic E-state index is -5.06. The molecule has 4 amide bonds. The molecule has 11 heteroatoms. The van der Waals surface area contributed by atoms with Crippen LogP contribution < -0.4 is 16.4 Å². The fourth-order valence-electron chi connectivity index (χ4n) is 2.69. The van der Waals surface area contributed by atoms with Crippen molar-refractivity contribution >= 4 is 23.6 Å². The molecule has 1 saturated heterocycles. The quantitative estimate of drug-likeness (QED) is 0.560. The maximum atomic E-state index is 12.5. The van der Waals surface area contributed by atoms with Crippen LogP contribution >= 0.6 is 0 Å². The number of nitrogens with one attached hydrogen (secondary N) is 2. The SMILES string of the molecule is CC(C)C[C@H](NC(=O)CNC(=O)[C@@H]1CCCN1C(=O)C(F)(F)F)C(N)=O. The van der Waals surface area contributed by atoms with Gasteiger partial charge in [-0.15, -0.1) is 0 Å². The second kappa shape index (κ2) is 8.86. The first-order valence-electron chi connectivity index (χ1n) is 8.17. The number of alkyl halides is 3. The van der Waals surface area contributed by atoms with Gasteiger partial charge >= 0.3 is 12.1 Å². The van der Waals surface area contributed by atoms with Crippen molar-refractivity contribution in [2.45, 2.75) is 51.4 Å². The van der Waals surface area contributed by atoms with E-state index in [2.05, 4.69) is 10.6 Å². The summed E-state index contributed by atoms with van der Waals surface area (Å²) in [5.41, 5.74) is 5.19. The Kier molecular flexibility index (Phi) is 7.40. The van der Waals surface area contributed by atoms with Gasteiger partial charge in [0, 0.05) is 6.54 Å². The van der Waals surface area contributed by atoms with Crippen LogP contribution in [0.1, 0.15) is 33.1 Å². The molecular formula is C15H23F3N4O4. The van der Waals surface area contributed by atoms with Crippen molar-refractivity contribution in [3.63, 3.8) is 0 Å². The topological polar surface area (TPSA) is 122 Å². The summed E-state index contributed by atoms with van der Waals surface area (Å²) in [6.07, 6.45) is -4.42. The number of hydrogen-bond donors (Lipinski definition) is 3. The smallest absolute Gasteiger partial charge is 0.368 e. The average molecular weight is 380 g/mol. The Labute approximate surface area is 148 Å². The van der Waals surface area contributed by atoms with Gasteiger partial charge in [-0.3, -0.25) is 19.2 Å². The number of likely N-dealkylation sites (tertiary alicyclic amines) is 1. The van der Waals surface area contributed by atoms with Gasteiger partial charge in [0.15, 0.2) is 0 Å². The Bertz CT molecular complexity index is 566. The molecule has 148 valence electrons. The van der Waals surface area contributed by atoms with E-state index in [-0.39, 0.29) is 25.3 Å². The highest BCUT2D eigenvalue weighted by Gasteiger charge is 2.47. The highest BCUT2D eigenvalue weighted by atomic mass is 19.4. The molecular weight excluding hydrogens is 357 g/mol. The maximum Gasteiger partial charge on any atom is 0.471 e. The van der Waals surface area contributed by atoms with Gasteiger partial charge in [-0.2, -0.15) is 13.2 Å². The van der Waals surface area contributed by atoms with Crippen molar-refractivity contribution < 1.29 is 32.3 Å². The summed E-state index contributed by atoms with van der Waals surface area (Å²) >= 11 is 0. The molecule has 8 nitrogen and oxygen atoms in total. The molecule has 0 saturated carbocycles. The molecule has 2 atom stereocenters. The van der Waals surface area contributed by atoms with Crippen LogP contribution in [0.3, 0.4) is 0 Å². The van der Waals surface area contributed by atoms with Crippen LogP contribution in [-0.2, 0) is 19.2 Å². The van der Waals surface area contributed by atoms with E-state index in [1.807, 2.05) is 13.8 Å². The molecule has 0 bridgehead atoms. The molecule has 1 heterocycles. The summed E-state index contributed by atoms with van der Waals surface area (Å²) in [6, 6.07) is -2.19. The lowest BCUT2D eigenvalue weighted by molar-refractivity contribution is -0.186. The van der Waals surface area contributed by atoms with E-state index in [1.165, 1.54) is 0 Å². The normalized spacial score (nSPS) is 18.5. The Morgan fingerprint density at radius 3 is 2.35 bits per heavy atom. The van der Waals surface area contributed by atoms with Crippen LogP contribution in [0.15, 0.2) is 0 Å². The fraction of sp³-hybridized carbons (Fsp3) is 0.733. The molecule has 26 heavy (non-hydrogen) atoms. The zero-order valence-corrected chi connectivity index (χ0v) is 14.6. The molecule has 0 spiro atoms. The van der Waals surface area contributed by atoms with Crippen LogP contribution in [0.25, 0.3) is 0 Å². The molecule has 1 aliphatic rings. The number of amides is 4. The second-order valence-electron chi connectivity index (χ2n) is 6.52. The van der Waals surface area contributed by atoms with E-state index in [1.54, 1.807) is 0 Å². The van der Waals surface area contributed by atoms with Gasteiger partial charge in [-0.05, 0) is 25.2 Å². The van der Waals surface area contributed by atoms with Gasteiger partial charge in [0.1, 0.15) is 12.1 Å². The van der Waals surface area contributed by atoms with Crippen molar-refractivity contribution in [1.82, 2.24) is 15.5 Å². The Morgan fingerprint density at radius 1 is 1.23 bits per heavy atom. The van der Waals surface area contributed by atoms with Crippen LogP contribution in [0.2, 0.25) is 0 Å². The lowest BCUT2D eigenvalue weighted by atomic mass is 10.0. The molecule has 0 aliphatic carbocycles. The van der Waals surface area contributed by atoms with E-state index in [0.717, 1.165) is 0 Å². The first-order chi connectivity index (χ1) is 11.9. The molecule has 1 rings (SSSR count). The largest absolute Gasteiger partial charge is 0.471 e. The van der Waals surface area contributed by atoms with E-state index in [9.17, 15) is 32.3 Å². The van der Waals surface area contributed by atoms with Gasteiger partial charge in [-0.1, -0.05) is 13.8 Å². The molecule has 0 aromatic carbocycles. The number of primary amides is 1. The maximum absolute atomic E-state index is 12.5. The zero-order valence-electron chi connectivity index (χ0n) is 14.6. The number of nitrogens with two attached hydrogens (primary N) is 1. The predicted octanol–water partition coefficient (Wildman–Crippen LogP) is -0.328. The molecule has 0 radical (unpaired) electrons. The zero-order chi connectivity index (χ0) is 20.1. The first-order valence-corrected chi connectivity index (χ1v) is 8.17. The Balaban J connectivity index is 2.58. The van der Waals surface area contributed by atoms with Gasteiger partial charge in [0.2, 0.25) is 17.7 Å². The number of halogens is 3. The third-order valence-corrected chi connectivity index (χ3v) is 3.87. The van der Waals surface area contributed by atoms with Gasteiger partial charge in [0.05, 0.1) is 6.54 Å². The van der Waals surface area contributed by atoms with Crippen LogP contribution in [-0.4, -0.2) is 59.9 Å². The third-order valence-electron chi connectivity index (χ3n) is 3.87. The van der Waals surface area contributed by atoms with Crippen molar-refractivity contribution in [2.75, 3.05) is 13.1 Å².